The first-order valence-electron chi connectivity index (χ1n) is 16.6. The van der Waals surface area contributed by atoms with E-state index in [-0.39, 0.29) is 17.1 Å². The van der Waals surface area contributed by atoms with E-state index >= 15 is 0 Å². The zero-order chi connectivity index (χ0) is 39.2. The Bertz CT molecular complexity index is 2390. The second-order valence-corrected chi connectivity index (χ2v) is 16.1. The summed E-state index contributed by atoms with van der Waals surface area (Å²) in [5, 5.41) is 6.80. The molecule has 0 aromatic heterocycles. The molecule has 0 aliphatic heterocycles. The lowest BCUT2D eigenvalue weighted by molar-refractivity contribution is 0.100. The Kier molecular flexibility index (Phi) is 10.8. The highest BCUT2D eigenvalue weighted by molar-refractivity contribution is 7.86. The number of Topliss-reactive ketones (excluding diaryl/α,β-unsaturated/α-hetero) is 2. The smallest absolute Gasteiger partial charge is 0.315 e. The van der Waals surface area contributed by atoms with Crippen molar-refractivity contribution in [3.8, 4) is 0 Å². The molecule has 274 valence electrons. The van der Waals surface area contributed by atoms with Crippen LogP contribution in [0.2, 0.25) is 0 Å². The van der Waals surface area contributed by atoms with Crippen molar-refractivity contribution in [1.82, 2.24) is 0 Å². The largest absolute Gasteiger partial charge is 0.354 e. The fourth-order valence-corrected chi connectivity index (χ4v) is 8.43. The monoisotopic (exact) mass is 753 g/mol. The molecule has 0 aliphatic rings. The van der Waals surface area contributed by atoms with Crippen molar-refractivity contribution in [2.75, 3.05) is 10.6 Å². The number of anilines is 4. The van der Waals surface area contributed by atoms with E-state index in [9.17, 15) is 35.5 Å². The molecular weight excluding hydrogens is 713 g/mol. The molecule has 5 aromatic carbocycles. The van der Waals surface area contributed by atoms with Crippen molar-refractivity contribution < 1.29 is 35.5 Å². The molecule has 53 heavy (non-hydrogen) atoms. The van der Waals surface area contributed by atoms with Crippen molar-refractivity contribution >= 4 is 54.6 Å². The normalized spacial score (nSPS) is 11.7. The van der Waals surface area contributed by atoms with Crippen LogP contribution >= 0.6 is 0 Å². The average molecular weight is 754 g/mol. The summed E-state index contributed by atoms with van der Waals surface area (Å²) in [6.45, 7) is 14.5. The van der Waals surface area contributed by atoms with E-state index in [0.29, 0.717) is 39.5 Å². The predicted octanol–water partition coefficient (Wildman–Crippen LogP) is 8.94. The van der Waals surface area contributed by atoms with Crippen molar-refractivity contribution in [1.29, 1.82) is 0 Å². The Labute approximate surface area is 310 Å². The lowest BCUT2D eigenvalue weighted by Gasteiger charge is -2.19. The van der Waals surface area contributed by atoms with E-state index < -0.39 is 30.0 Å². The minimum atomic E-state index is -5.00. The van der Waals surface area contributed by atoms with Crippen LogP contribution in [0.5, 0.6) is 0 Å². The molecule has 0 atom stereocenters. The first kappa shape index (κ1) is 38.9. The summed E-state index contributed by atoms with van der Waals surface area (Å²) >= 11 is 0. The Morgan fingerprint density at radius 1 is 0.547 bits per heavy atom. The molecule has 0 saturated heterocycles. The molecule has 12 heteroatoms. The zero-order valence-corrected chi connectivity index (χ0v) is 32.3. The van der Waals surface area contributed by atoms with Gasteiger partial charge in [-0.3, -0.25) is 18.7 Å². The van der Waals surface area contributed by atoms with Gasteiger partial charge in [-0.15, -0.1) is 0 Å². The van der Waals surface area contributed by atoms with Crippen molar-refractivity contribution in [2.45, 2.75) is 65.2 Å². The predicted molar refractivity (Wildman–Crippen MR) is 207 cm³/mol. The summed E-state index contributed by atoms with van der Waals surface area (Å²) in [7, 11) is -9.81. The summed E-state index contributed by atoms with van der Waals surface area (Å²) in [6.07, 6.45) is 0. The summed E-state index contributed by atoms with van der Waals surface area (Å²) < 4.78 is 69.4. The number of nitrogens with one attached hydrogen (secondary N) is 2. The van der Waals surface area contributed by atoms with Crippen molar-refractivity contribution in [3.05, 3.63) is 146 Å². The van der Waals surface area contributed by atoms with Gasteiger partial charge < -0.3 is 10.6 Å². The fraction of sp³-hybridized carbons (Fsp3) is 0.195. The number of hydrogen-bond acceptors (Lipinski definition) is 8. The number of hydrogen-bond donors (Lipinski definition) is 4. The maximum atomic E-state index is 12.7. The standard InChI is InChI=1S/C41H40N2O8S2/c1-22-19-24(3)40(26(5)37(22)28(7)44)42-32-13-9-30(10-14-32)39(35-18-17-34(52(46,47)48)21-36(35)53(49,50)51)31-11-15-33(16-12-31)43-41-25(4)20-23(2)38(27(41)6)29(8)45/h9-21,42-43H,1-8H3,(H-,46,47,48,49,50,51)/p+1. The SMILES string of the molecule is CC(=O)c1c(C)cc(C)c(Nc2ccc([C+](c3ccc(Nc4c(C)cc(C)c(C(C)=O)c4C)cc3)c3ccc(S(=O)(=O)O)cc3S(=O)(=O)O)cc2)c1C. The number of ketones is 2. The van der Waals surface area contributed by atoms with E-state index in [2.05, 4.69) is 10.6 Å². The molecule has 4 N–H and O–H groups in total. The van der Waals surface area contributed by atoms with E-state index in [4.69, 9.17) is 0 Å². The van der Waals surface area contributed by atoms with Gasteiger partial charge in [-0.1, -0.05) is 12.1 Å². The maximum absolute atomic E-state index is 12.7. The van der Waals surface area contributed by atoms with Crippen molar-refractivity contribution in [2.24, 2.45) is 0 Å². The second kappa shape index (κ2) is 14.6. The Balaban J connectivity index is 1.62. The van der Waals surface area contributed by atoms with Gasteiger partial charge in [-0.2, -0.15) is 16.8 Å². The third kappa shape index (κ3) is 8.06. The van der Waals surface area contributed by atoms with Crippen LogP contribution in [0.3, 0.4) is 0 Å². The van der Waals surface area contributed by atoms with Gasteiger partial charge in [0.1, 0.15) is 9.79 Å². The first-order chi connectivity index (χ1) is 24.7. The topological polar surface area (TPSA) is 167 Å². The quantitative estimate of drug-likeness (QED) is 0.0443. The van der Waals surface area contributed by atoms with Gasteiger partial charge >= 0.3 is 10.1 Å². The molecule has 0 amide bonds. The molecule has 10 nitrogen and oxygen atoms in total. The van der Waals surface area contributed by atoms with E-state index in [0.717, 1.165) is 56.9 Å². The average Bonchev–Trinajstić information content (AvgIpc) is 3.05. The number of rotatable bonds is 11. The molecular formula is C41H41N2O8S2+. The van der Waals surface area contributed by atoms with Crippen LogP contribution in [-0.4, -0.2) is 37.5 Å². The maximum Gasteiger partial charge on any atom is 0.315 e. The number of benzene rings is 5. The van der Waals surface area contributed by atoms with Crippen LogP contribution in [0, 0.1) is 47.5 Å². The molecule has 0 saturated carbocycles. The highest BCUT2D eigenvalue weighted by atomic mass is 32.2. The van der Waals surface area contributed by atoms with Gasteiger partial charge in [0.2, 0.25) is 0 Å². The number of carbonyl (C=O) groups excluding carboxylic acids is 2. The van der Waals surface area contributed by atoms with Gasteiger partial charge in [0.25, 0.3) is 10.1 Å². The van der Waals surface area contributed by atoms with Crippen LogP contribution in [0.4, 0.5) is 22.7 Å². The lowest BCUT2D eigenvalue weighted by Crippen LogP contribution is -2.13. The van der Waals surface area contributed by atoms with Gasteiger partial charge in [0.05, 0.1) is 22.6 Å². The summed E-state index contributed by atoms with van der Waals surface area (Å²) in [6, 6.07) is 21.0. The van der Waals surface area contributed by atoms with E-state index in [1.54, 1.807) is 48.5 Å². The third-order valence-electron chi connectivity index (χ3n) is 9.33. The molecule has 0 heterocycles. The highest BCUT2D eigenvalue weighted by Gasteiger charge is 2.32. The molecule has 0 bridgehead atoms. The fourth-order valence-electron chi connectivity index (χ4n) is 7.13. The van der Waals surface area contributed by atoms with Gasteiger partial charge in [-0.05, 0) is 149 Å². The molecule has 5 rings (SSSR count). The molecule has 5 aromatic rings. The molecule has 0 spiro atoms. The van der Waals surface area contributed by atoms with Crippen LogP contribution < -0.4 is 10.6 Å². The van der Waals surface area contributed by atoms with Crippen molar-refractivity contribution in [3.63, 3.8) is 0 Å². The molecule has 0 aliphatic carbocycles. The Morgan fingerprint density at radius 3 is 1.28 bits per heavy atom. The Hall–Kier alpha value is -5.27. The number of carbonyl (C=O) groups is 2. The molecule has 0 unspecified atom stereocenters. The Morgan fingerprint density at radius 2 is 0.943 bits per heavy atom. The van der Waals surface area contributed by atoms with E-state index in [1.165, 1.54) is 19.9 Å². The van der Waals surface area contributed by atoms with Crippen LogP contribution in [0.15, 0.2) is 88.7 Å². The van der Waals surface area contributed by atoms with Crippen LogP contribution in [-0.2, 0) is 20.2 Å². The van der Waals surface area contributed by atoms with E-state index in [1.807, 2.05) is 53.7 Å². The first-order valence-corrected chi connectivity index (χ1v) is 19.5. The molecule has 0 fully saturated rings. The zero-order valence-electron chi connectivity index (χ0n) is 30.7. The summed E-state index contributed by atoms with van der Waals surface area (Å²) in [4.78, 5) is 23.4. The molecule has 0 radical (unpaired) electrons. The lowest BCUT2D eigenvalue weighted by atomic mass is 9.85. The van der Waals surface area contributed by atoms with Gasteiger partial charge in [0, 0.05) is 39.9 Å². The minimum absolute atomic E-state index is 0.00559. The summed E-state index contributed by atoms with van der Waals surface area (Å²) in [5.41, 5.74) is 10.5. The summed E-state index contributed by atoms with van der Waals surface area (Å²) in [5.74, 6) is 0.262. The third-order valence-corrected chi connectivity index (χ3v) is 11.1. The second-order valence-electron chi connectivity index (χ2n) is 13.3. The highest BCUT2D eigenvalue weighted by Crippen LogP contribution is 2.38. The van der Waals surface area contributed by atoms with Gasteiger partial charge in [0.15, 0.2) is 11.6 Å². The van der Waals surface area contributed by atoms with Crippen LogP contribution in [0.1, 0.15) is 84.6 Å². The van der Waals surface area contributed by atoms with Gasteiger partial charge in [-0.25, -0.2) is 0 Å². The number of aryl methyl sites for hydroxylation is 4. The van der Waals surface area contributed by atoms with Crippen LogP contribution in [0.25, 0.3) is 0 Å². The minimum Gasteiger partial charge on any atom is -0.354 e.